The number of terminal acetylenes is 1. The van der Waals surface area contributed by atoms with Crippen LogP contribution in [0.1, 0.15) is 19.4 Å². The van der Waals surface area contributed by atoms with E-state index in [1.165, 1.54) is 10.5 Å². The number of hydrogen-bond donors (Lipinski definition) is 1. The van der Waals surface area contributed by atoms with Crippen molar-refractivity contribution in [3.8, 4) is 12.3 Å². The number of hydrogen-bond acceptors (Lipinski definition) is 2. The fraction of sp³-hybridized carbons (Fsp3) is 0.333. The fourth-order valence-electron chi connectivity index (χ4n) is 1.22. The molecule has 1 aromatic carbocycles. The first-order valence-electron chi connectivity index (χ1n) is 5.82. The van der Waals surface area contributed by atoms with Crippen molar-refractivity contribution in [3.63, 3.8) is 0 Å². The molecule has 1 rings (SSSR count). The van der Waals surface area contributed by atoms with E-state index < -0.39 is 0 Å². The second-order valence-corrected chi connectivity index (χ2v) is 3.83. The standard InChI is InChI=1S/C13H15NS.C2H6/c1-3-10-14-11-6-8-12-7-4-5-9-13(12)15-2;1-2/h1,4-9,14H,10-11H2,2H3;1-2H3/b8-6+;. The second-order valence-electron chi connectivity index (χ2n) is 2.98. The summed E-state index contributed by atoms with van der Waals surface area (Å²) in [4.78, 5) is 1.30. The molecule has 17 heavy (non-hydrogen) atoms. The molecule has 0 aliphatic rings. The van der Waals surface area contributed by atoms with Crippen LogP contribution in [0.15, 0.2) is 35.2 Å². The molecule has 0 saturated heterocycles. The smallest absolute Gasteiger partial charge is 0.0576 e. The lowest BCUT2D eigenvalue weighted by atomic mass is 10.2. The molecule has 92 valence electrons. The molecule has 0 saturated carbocycles. The molecular formula is C15H21NS. The second kappa shape index (κ2) is 11.3. The van der Waals surface area contributed by atoms with E-state index in [1.54, 1.807) is 11.8 Å². The highest BCUT2D eigenvalue weighted by atomic mass is 32.2. The van der Waals surface area contributed by atoms with Crippen LogP contribution in [-0.4, -0.2) is 19.3 Å². The summed E-state index contributed by atoms with van der Waals surface area (Å²) in [5.41, 5.74) is 1.26. The molecule has 0 aromatic heterocycles. The van der Waals surface area contributed by atoms with Gasteiger partial charge in [-0.3, -0.25) is 0 Å². The van der Waals surface area contributed by atoms with Crippen LogP contribution in [0, 0.1) is 12.3 Å². The van der Waals surface area contributed by atoms with Gasteiger partial charge in [0, 0.05) is 11.4 Å². The number of benzene rings is 1. The van der Waals surface area contributed by atoms with Crippen LogP contribution in [0.5, 0.6) is 0 Å². The van der Waals surface area contributed by atoms with Gasteiger partial charge < -0.3 is 5.32 Å². The van der Waals surface area contributed by atoms with Gasteiger partial charge in [-0.2, -0.15) is 0 Å². The van der Waals surface area contributed by atoms with Crippen LogP contribution in [0.25, 0.3) is 6.08 Å². The summed E-state index contributed by atoms with van der Waals surface area (Å²) in [6.07, 6.45) is 11.4. The summed E-state index contributed by atoms with van der Waals surface area (Å²) in [6, 6.07) is 8.34. The molecule has 0 atom stereocenters. The molecule has 0 aliphatic heterocycles. The zero-order valence-corrected chi connectivity index (χ0v) is 11.7. The quantitative estimate of drug-likeness (QED) is 0.484. The van der Waals surface area contributed by atoms with Crippen LogP contribution in [0.3, 0.4) is 0 Å². The summed E-state index contributed by atoms with van der Waals surface area (Å²) < 4.78 is 0. The molecule has 1 aromatic rings. The van der Waals surface area contributed by atoms with Crippen molar-refractivity contribution in [2.45, 2.75) is 18.7 Å². The van der Waals surface area contributed by atoms with E-state index in [2.05, 4.69) is 47.8 Å². The van der Waals surface area contributed by atoms with E-state index in [-0.39, 0.29) is 0 Å². The van der Waals surface area contributed by atoms with E-state index >= 15 is 0 Å². The van der Waals surface area contributed by atoms with Gasteiger partial charge in [0.1, 0.15) is 0 Å². The zero-order chi connectivity index (χ0) is 12.9. The third-order valence-electron chi connectivity index (χ3n) is 1.93. The summed E-state index contributed by atoms with van der Waals surface area (Å²) in [5, 5.41) is 3.11. The predicted octanol–water partition coefficient (Wildman–Crippen LogP) is 3.67. The SMILES string of the molecule is C#CCNC/C=C/c1ccccc1SC.CC. The van der Waals surface area contributed by atoms with Gasteiger partial charge >= 0.3 is 0 Å². The van der Waals surface area contributed by atoms with Crippen LogP contribution in [-0.2, 0) is 0 Å². The maximum atomic E-state index is 5.13. The van der Waals surface area contributed by atoms with Crippen molar-refractivity contribution in [3.05, 3.63) is 35.9 Å². The zero-order valence-electron chi connectivity index (χ0n) is 10.9. The first-order valence-corrected chi connectivity index (χ1v) is 7.04. The minimum atomic E-state index is 0.620. The summed E-state index contributed by atoms with van der Waals surface area (Å²) >= 11 is 1.76. The molecule has 0 bridgehead atoms. The van der Waals surface area contributed by atoms with Crippen LogP contribution < -0.4 is 5.32 Å². The van der Waals surface area contributed by atoms with Gasteiger partial charge in [-0.25, -0.2) is 0 Å². The molecule has 0 radical (unpaired) electrons. The van der Waals surface area contributed by atoms with E-state index in [0.717, 1.165) is 6.54 Å². The topological polar surface area (TPSA) is 12.0 Å². The van der Waals surface area contributed by atoms with Gasteiger partial charge in [0.2, 0.25) is 0 Å². The molecule has 0 amide bonds. The van der Waals surface area contributed by atoms with Gasteiger partial charge in [-0.05, 0) is 17.9 Å². The first kappa shape index (κ1) is 15.8. The Morgan fingerprint density at radius 2 is 2.06 bits per heavy atom. The summed E-state index contributed by atoms with van der Waals surface area (Å²) in [7, 11) is 0. The van der Waals surface area contributed by atoms with E-state index in [1.807, 2.05) is 19.9 Å². The Labute approximate surface area is 110 Å². The molecule has 0 unspecified atom stereocenters. The Hall–Kier alpha value is -1.17. The van der Waals surface area contributed by atoms with Crippen LogP contribution >= 0.6 is 11.8 Å². The highest BCUT2D eigenvalue weighted by Gasteiger charge is 1.94. The minimum Gasteiger partial charge on any atom is -0.303 e. The molecule has 0 fully saturated rings. The van der Waals surface area contributed by atoms with Gasteiger partial charge in [0.25, 0.3) is 0 Å². The Kier molecular flexibility index (Phi) is 10.5. The summed E-state index contributed by atoms with van der Waals surface area (Å²) in [5.74, 6) is 2.54. The lowest BCUT2D eigenvalue weighted by Gasteiger charge is -2.01. The van der Waals surface area contributed by atoms with Crippen LogP contribution in [0.2, 0.25) is 0 Å². The monoisotopic (exact) mass is 247 g/mol. The molecule has 0 spiro atoms. The Bertz CT molecular complexity index is 363. The van der Waals surface area contributed by atoms with Crippen molar-refractivity contribution in [1.82, 2.24) is 5.32 Å². The van der Waals surface area contributed by atoms with E-state index in [4.69, 9.17) is 6.42 Å². The van der Waals surface area contributed by atoms with E-state index in [9.17, 15) is 0 Å². The average molecular weight is 247 g/mol. The van der Waals surface area contributed by atoms with Crippen molar-refractivity contribution in [2.75, 3.05) is 19.3 Å². The molecule has 1 nitrogen and oxygen atoms in total. The van der Waals surface area contributed by atoms with Gasteiger partial charge in [0.15, 0.2) is 0 Å². The maximum absolute atomic E-state index is 5.13. The average Bonchev–Trinajstić information content (AvgIpc) is 2.41. The Morgan fingerprint density at radius 1 is 1.35 bits per heavy atom. The van der Waals surface area contributed by atoms with Crippen molar-refractivity contribution in [2.24, 2.45) is 0 Å². The Morgan fingerprint density at radius 3 is 2.71 bits per heavy atom. The lowest BCUT2D eigenvalue weighted by Crippen LogP contribution is -2.12. The van der Waals surface area contributed by atoms with E-state index in [0.29, 0.717) is 6.54 Å². The maximum Gasteiger partial charge on any atom is 0.0576 e. The largest absolute Gasteiger partial charge is 0.303 e. The van der Waals surface area contributed by atoms with Crippen LogP contribution in [0.4, 0.5) is 0 Å². The van der Waals surface area contributed by atoms with Crippen molar-refractivity contribution in [1.29, 1.82) is 0 Å². The van der Waals surface area contributed by atoms with Crippen molar-refractivity contribution < 1.29 is 0 Å². The fourth-order valence-corrected chi connectivity index (χ4v) is 1.80. The predicted molar refractivity (Wildman–Crippen MR) is 80.3 cm³/mol. The minimum absolute atomic E-state index is 0.620. The summed E-state index contributed by atoms with van der Waals surface area (Å²) in [6.45, 7) is 5.43. The molecular weight excluding hydrogens is 226 g/mol. The number of nitrogens with one attached hydrogen (secondary N) is 1. The third kappa shape index (κ3) is 6.88. The molecule has 0 aliphatic carbocycles. The third-order valence-corrected chi connectivity index (χ3v) is 2.74. The first-order chi connectivity index (χ1) is 8.38. The highest BCUT2D eigenvalue weighted by Crippen LogP contribution is 2.20. The number of rotatable bonds is 5. The highest BCUT2D eigenvalue weighted by molar-refractivity contribution is 7.98. The molecule has 0 heterocycles. The lowest BCUT2D eigenvalue weighted by molar-refractivity contribution is 0.859. The van der Waals surface area contributed by atoms with Crippen molar-refractivity contribution >= 4 is 17.8 Å². The number of thioether (sulfide) groups is 1. The van der Waals surface area contributed by atoms with Gasteiger partial charge in [0.05, 0.1) is 6.54 Å². The molecule has 2 heteroatoms. The Balaban J connectivity index is 0.00000121. The van der Waals surface area contributed by atoms with Gasteiger partial charge in [-0.1, -0.05) is 50.1 Å². The van der Waals surface area contributed by atoms with Gasteiger partial charge in [-0.15, -0.1) is 18.2 Å². The normalized spacial score (nSPS) is 9.53. The molecule has 1 N–H and O–H groups in total.